The van der Waals surface area contributed by atoms with Crippen molar-refractivity contribution in [3.63, 3.8) is 0 Å². The van der Waals surface area contributed by atoms with E-state index in [4.69, 9.17) is 0 Å². The highest BCUT2D eigenvalue weighted by molar-refractivity contribution is 5.92. The van der Waals surface area contributed by atoms with Gasteiger partial charge >= 0.3 is 0 Å². The topological polar surface area (TPSA) is 98.4 Å². The Labute approximate surface area is 179 Å². The van der Waals surface area contributed by atoms with Crippen molar-refractivity contribution in [3.8, 4) is 0 Å². The lowest BCUT2D eigenvalue weighted by Gasteiger charge is -2.34. The summed E-state index contributed by atoms with van der Waals surface area (Å²) in [6, 6.07) is 16.7. The number of nitrogens with zero attached hydrogens (tertiary/aromatic N) is 3. The van der Waals surface area contributed by atoms with Crippen LogP contribution in [0.3, 0.4) is 0 Å². The Bertz CT molecular complexity index is 1120. The van der Waals surface area contributed by atoms with Crippen molar-refractivity contribution in [3.05, 3.63) is 76.3 Å². The van der Waals surface area contributed by atoms with Gasteiger partial charge in [-0.05, 0) is 17.7 Å². The fraction of sp³-hybridized carbons (Fsp3) is 0.304. The quantitative estimate of drug-likeness (QED) is 0.622. The van der Waals surface area contributed by atoms with E-state index in [0.29, 0.717) is 43.5 Å². The van der Waals surface area contributed by atoms with E-state index in [1.165, 1.54) is 0 Å². The number of fused-ring (bicyclic) bond motifs is 1. The van der Waals surface area contributed by atoms with Crippen molar-refractivity contribution in [2.75, 3.05) is 39.3 Å². The molecule has 1 saturated heterocycles. The number of piperazine rings is 1. The molecule has 1 aliphatic heterocycles. The Balaban J connectivity index is 1.23. The smallest absolute Gasteiger partial charge is 0.287 e. The zero-order valence-electron chi connectivity index (χ0n) is 17.2. The number of hydrogen-bond donors (Lipinski definition) is 2. The van der Waals surface area contributed by atoms with Crippen molar-refractivity contribution < 1.29 is 9.59 Å². The third kappa shape index (κ3) is 5.16. The first-order valence-electron chi connectivity index (χ1n) is 10.4. The number of H-pyrrole nitrogens is 1. The van der Waals surface area contributed by atoms with E-state index < -0.39 is 5.91 Å². The molecule has 2 aromatic carbocycles. The molecule has 1 aromatic heterocycles. The van der Waals surface area contributed by atoms with Gasteiger partial charge in [0.05, 0.1) is 17.3 Å². The Morgan fingerprint density at radius 3 is 2.45 bits per heavy atom. The lowest BCUT2D eigenvalue weighted by molar-refractivity contribution is -0.132. The number of aromatic amines is 1. The number of para-hydroxylation sites is 1. The highest BCUT2D eigenvalue weighted by Gasteiger charge is 2.21. The summed E-state index contributed by atoms with van der Waals surface area (Å²) in [5, 5.41) is 3.27. The van der Waals surface area contributed by atoms with E-state index in [0.717, 1.165) is 18.7 Å². The van der Waals surface area contributed by atoms with Crippen molar-refractivity contribution in [2.45, 2.75) is 6.42 Å². The Kier molecular flexibility index (Phi) is 6.37. The maximum Gasteiger partial charge on any atom is 0.287 e. The molecular formula is C23H25N5O3. The molecule has 0 radical (unpaired) electrons. The fourth-order valence-electron chi connectivity index (χ4n) is 3.71. The molecule has 0 spiro atoms. The summed E-state index contributed by atoms with van der Waals surface area (Å²) in [5.74, 6) is -0.245. The van der Waals surface area contributed by atoms with Gasteiger partial charge in [-0.25, -0.2) is 4.98 Å². The number of aromatic nitrogens is 2. The molecule has 2 amide bonds. The molecule has 8 nitrogen and oxygen atoms in total. The van der Waals surface area contributed by atoms with Gasteiger partial charge < -0.3 is 15.2 Å². The van der Waals surface area contributed by atoms with Crippen LogP contribution in [-0.2, 0) is 11.2 Å². The van der Waals surface area contributed by atoms with E-state index in [1.54, 1.807) is 24.3 Å². The van der Waals surface area contributed by atoms with Crippen molar-refractivity contribution in [2.24, 2.45) is 0 Å². The van der Waals surface area contributed by atoms with Gasteiger partial charge in [-0.3, -0.25) is 19.3 Å². The summed E-state index contributed by atoms with van der Waals surface area (Å²) in [4.78, 5) is 47.8. The largest absolute Gasteiger partial charge is 0.348 e. The molecule has 2 heterocycles. The summed E-state index contributed by atoms with van der Waals surface area (Å²) in [6.07, 6.45) is 0.424. The van der Waals surface area contributed by atoms with E-state index in [-0.39, 0.29) is 17.3 Å². The van der Waals surface area contributed by atoms with Gasteiger partial charge in [0.25, 0.3) is 11.5 Å². The van der Waals surface area contributed by atoms with Gasteiger partial charge in [-0.1, -0.05) is 42.5 Å². The van der Waals surface area contributed by atoms with Gasteiger partial charge in [0.15, 0.2) is 5.82 Å². The summed E-state index contributed by atoms with van der Waals surface area (Å²) < 4.78 is 0. The van der Waals surface area contributed by atoms with Gasteiger partial charge in [-0.15, -0.1) is 0 Å². The van der Waals surface area contributed by atoms with Crippen LogP contribution in [0.1, 0.15) is 16.2 Å². The second-order valence-corrected chi connectivity index (χ2v) is 7.57. The Morgan fingerprint density at radius 2 is 1.68 bits per heavy atom. The van der Waals surface area contributed by atoms with E-state index >= 15 is 0 Å². The standard InChI is InChI=1S/C23H25N5O3/c29-20(16-17-6-2-1-3-7-17)28-14-12-27(13-15-28)11-10-24-23(31)21-25-19-9-5-4-8-18(19)22(30)26-21/h1-9H,10-16H2,(H,24,31)(H,25,26,30). The second-order valence-electron chi connectivity index (χ2n) is 7.57. The maximum atomic E-state index is 12.5. The number of nitrogens with one attached hydrogen (secondary N) is 2. The second kappa shape index (κ2) is 9.53. The summed E-state index contributed by atoms with van der Waals surface area (Å²) in [6.45, 7) is 4.00. The first-order valence-corrected chi connectivity index (χ1v) is 10.4. The first-order chi connectivity index (χ1) is 15.1. The van der Waals surface area contributed by atoms with Gasteiger partial charge in [0.1, 0.15) is 0 Å². The predicted molar refractivity (Wildman–Crippen MR) is 118 cm³/mol. The van der Waals surface area contributed by atoms with Crippen LogP contribution in [0, 0.1) is 0 Å². The molecule has 160 valence electrons. The van der Waals surface area contributed by atoms with E-state index in [1.807, 2.05) is 35.2 Å². The molecule has 1 aliphatic rings. The summed E-state index contributed by atoms with van der Waals surface area (Å²) in [5.41, 5.74) is 1.19. The third-order valence-electron chi connectivity index (χ3n) is 5.46. The third-order valence-corrected chi connectivity index (χ3v) is 5.46. The number of rotatable bonds is 6. The molecule has 31 heavy (non-hydrogen) atoms. The molecule has 0 aliphatic carbocycles. The summed E-state index contributed by atoms with van der Waals surface area (Å²) >= 11 is 0. The normalized spacial score (nSPS) is 14.5. The SMILES string of the molecule is O=C(NCCN1CCN(C(=O)Cc2ccccc2)CC1)c1nc2ccccc2c(=O)[nH]1. The average Bonchev–Trinajstić information content (AvgIpc) is 2.80. The molecule has 0 unspecified atom stereocenters. The molecule has 2 N–H and O–H groups in total. The van der Waals surface area contributed by atoms with Crippen LogP contribution in [0.5, 0.6) is 0 Å². The predicted octanol–water partition coefficient (Wildman–Crippen LogP) is 1.04. The van der Waals surface area contributed by atoms with Crippen LogP contribution in [0.25, 0.3) is 10.9 Å². The van der Waals surface area contributed by atoms with Crippen molar-refractivity contribution in [1.82, 2.24) is 25.1 Å². The number of carbonyl (C=O) groups is 2. The number of benzene rings is 2. The Hall–Kier alpha value is -3.52. The molecule has 1 fully saturated rings. The van der Waals surface area contributed by atoms with Crippen molar-refractivity contribution >= 4 is 22.7 Å². The van der Waals surface area contributed by atoms with E-state index in [9.17, 15) is 14.4 Å². The van der Waals surface area contributed by atoms with Gasteiger partial charge in [0, 0.05) is 39.3 Å². The molecule has 4 rings (SSSR count). The number of amides is 2. The van der Waals surface area contributed by atoms with Crippen LogP contribution >= 0.6 is 0 Å². The number of hydrogen-bond acceptors (Lipinski definition) is 5. The summed E-state index contributed by atoms with van der Waals surface area (Å²) in [7, 11) is 0. The van der Waals surface area contributed by atoms with E-state index in [2.05, 4.69) is 20.2 Å². The molecular weight excluding hydrogens is 394 g/mol. The lowest BCUT2D eigenvalue weighted by atomic mass is 10.1. The van der Waals surface area contributed by atoms with Gasteiger partial charge in [0.2, 0.25) is 5.91 Å². The minimum atomic E-state index is -0.403. The lowest BCUT2D eigenvalue weighted by Crippen LogP contribution is -2.50. The Morgan fingerprint density at radius 1 is 0.968 bits per heavy atom. The first kappa shape index (κ1) is 20.7. The van der Waals surface area contributed by atoms with Crippen LogP contribution in [0.2, 0.25) is 0 Å². The fourth-order valence-corrected chi connectivity index (χ4v) is 3.71. The van der Waals surface area contributed by atoms with Crippen LogP contribution in [0.15, 0.2) is 59.4 Å². The molecule has 3 aromatic rings. The molecule has 0 atom stereocenters. The van der Waals surface area contributed by atoms with Crippen LogP contribution in [0.4, 0.5) is 0 Å². The minimum absolute atomic E-state index is 0.0139. The van der Waals surface area contributed by atoms with Crippen LogP contribution in [-0.4, -0.2) is 70.9 Å². The molecule has 8 heteroatoms. The highest BCUT2D eigenvalue weighted by atomic mass is 16.2. The highest BCUT2D eigenvalue weighted by Crippen LogP contribution is 2.07. The minimum Gasteiger partial charge on any atom is -0.348 e. The molecule has 0 bridgehead atoms. The monoisotopic (exact) mass is 419 g/mol. The average molecular weight is 419 g/mol. The molecule has 0 saturated carbocycles. The van der Waals surface area contributed by atoms with Crippen molar-refractivity contribution in [1.29, 1.82) is 0 Å². The number of carbonyl (C=O) groups excluding carboxylic acids is 2. The maximum absolute atomic E-state index is 12.5. The van der Waals surface area contributed by atoms with Crippen LogP contribution < -0.4 is 10.9 Å². The van der Waals surface area contributed by atoms with Gasteiger partial charge in [-0.2, -0.15) is 0 Å². The zero-order valence-corrected chi connectivity index (χ0v) is 17.2. The zero-order chi connectivity index (χ0) is 21.6.